The molecule has 35 heavy (non-hydrogen) atoms. The number of carbonyl (C=O) groups excluding carboxylic acids is 1. The average Bonchev–Trinajstić information content (AvgIpc) is 3.61. The zero-order chi connectivity index (χ0) is 24.5. The molecule has 0 saturated carbocycles. The number of hydrogen-bond acceptors (Lipinski definition) is 7. The summed E-state index contributed by atoms with van der Waals surface area (Å²) in [7, 11) is 1.63. The fourth-order valence-corrected chi connectivity index (χ4v) is 5.48. The van der Waals surface area contributed by atoms with Gasteiger partial charge < -0.3 is 13.9 Å². The monoisotopic (exact) mass is 489 g/mol. The number of pyridine rings is 1. The minimum absolute atomic E-state index is 0.0144. The first-order valence-electron chi connectivity index (χ1n) is 11.7. The second-order valence-corrected chi connectivity index (χ2v) is 9.97. The van der Waals surface area contributed by atoms with Crippen LogP contribution in [0.3, 0.4) is 0 Å². The second-order valence-electron chi connectivity index (χ2n) is 9.08. The summed E-state index contributed by atoms with van der Waals surface area (Å²) in [6, 6.07) is 11.6. The number of nitrogens with zero attached hydrogens (tertiary/aromatic N) is 5. The van der Waals surface area contributed by atoms with E-state index < -0.39 is 0 Å². The molecule has 0 radical (unpaired) electrons. The van der Waals surface area contributed by atoms with E-state index in [2.05, 4.69) is 27.3 Å². The Morgan fingerprint density at radius 2 is 2.06 bits per heavy atom. The largest absolute Gasteiger partial charge is 0.420 e. The van der Waals surface area contributed by atoms with Crippen molar-refractivity contribution in [3.63, 3.8) is 0 Å². The summed E-state index contributed by atoms with van der Waals surface area (Å²) in [6.07, 6.45) is 4.11. The van der Waals surface area contributed by atoms with Crippen molar-refractivity contribution >= 4 is 17.2 Å². The molecule has 0 spiro atoms. The van der Waals surface area contributed by atoms with Gasteiger partial charge in [-0.2, -0.15) is 0 Å². The highest BCUT2D eigenvalue weighted by Gasteiger charge is 2.33. The molecule has 3 aromatic heterocycles. The van der Waals surface area contributed by atoms with Crippen LogP contribution in [0.5, 0.6) is 0 Å². The van der Waals surface area contributed by atoms with Crippen molar-refractivity contribution in [2.45, 2.75) is 45.1 Å². The van der Waals surface area contributed by atoms with Gasteiger partial charge in [0.25, 0.3) is 17.4 Å². The van der Waals surface area contributed by atoms with Gasteiger partial charge in [0, 0.05) is 36.8 Å². The molecule has 9 heteroatoms. The van der Waals surface area contributed by atoms with E-state index in [9.17, 15) is 9.59 Å². The summed E-state index contributed by atoms with van der Waals surface area (Å²) in [5, 5.41) is 11.3. The van der Waals surface area contributed by atoms with E-state index in [1.807, 2.05) is 42.3 Å². The van der Waals surface area contributed by atoms with Crippen molar-refractivity contribution < 1.29 is 9.21 Å². The van der Waals surface area contributed by atoms with E-state index in [-0.39, 0.29) is 34.9 Å². The number of rotatable bonds is 6. The van der Waals surface area contributed by atoms with E-state index in [0.717, 1.165) is 30.0 Å². The molecule has 5 rings (SSSR count). The highest BCUT2D eigenvalue weighted by Crippen LogP contribution is 2.35. The van der Waals surface area contributed by atoms with Crippen LogP contribution in [-0.4, -0.2) is 37.1 Å². The highest BCUT2D eigenvalue weighted by atomic mass is 32.1. The summed E-state index contributed by atoms with van der Waals surface area (Å²) in [5.74, 6) is 0.443. The van der Waals surface area contributed by atoms with E-state index in [4.69, 9.17) is 4.42 Å². The van der Waals surface area contributed by atoms with Crippen LogP contribution in [-0.2, 0) is 13.5 Å². The molecule has 8 nitrogen and oxygen atoms in total. The Kier molecular flexibility index (Phi) is 6.34. The second kappa shape index (κ2) is 9.58. The van der Waals surface area contributed by atoms with Crippen LogP contribution in [0, 0.1) is 6.92 Å². The molecule has 1 aromatic carbocycles. The van der Waals surface area contributed by atoms with Crippen LogP contribution in [0.1, 0.15) is 64.2 Å². The van der Waals surface area contributed by atoms with E-state index >= 15 is 0 Å². The van der Waals surface area contributed by atoms with Gasteiger partial charge in [0.15, 0.2) is 0 Å². The molecule has 180 valence electrons. The predicted octanol–water partition coefficient (Wildman–Crippen LogP) is 4.52. The Morgan fingerprint density at radius 1 is 1.26 bits per heavy atom. The van der Waals surface area contributed by atoms with Crippen LogP contribution in [0.2, 0.25) is 0 Å². The first-order chi connectivity index (χ1) is 16.9. The van der Waals surface area contributed by atoms with E-state index in [1.165, 1.54) is 10.1 Å². The van der Waals surface area contributed by atoms with Gasteiger partial charge in [0.05, 0.1) is 11.6 Å². The van der Waals surface area contributed by atoms with Gasteiger partial charge >= 0.3 is 0 Å². The van der Waals surface area contributed by atoms with Gasteiger partial charge in [-0.25, -0.2) is 4.98 Å². The van der Waals surface area contributed by atoms with Crippen LogP contribution in [0.4, 0.5) is 0 Å². The quantitative estimate of drug-likeness (QED) is 0.395. The van der Waals surface area contributed by atoms with Crippen molar-refractivity contribution in [1.29, 1.82) is 0 Å². The maximum Gasteiger partial charge on any atom is 0.263 e. The molecule has 2 atom stereocenters. The Labute approximate surface area is 207 Å². The maximum atomic E-state index is 13.5. The van der Waals surface area contributed by atoms with E-state index in [0.29, 0.717) is 18.0 Å². The molecule has 0 N–H and O–H groups in total. The number of thiazole rings is 1. The summed E-state index contributed by atoms with van der Waals surface area (Å²) in [4.78, 5) is 32.9. The molecule has 0 bridgehead atoms. The summed E-state index contributed by atoms with van der Waals surface area (Å²) in [6.45, 7) is 4.62. The molecule has 1 amide bonds. The van der Waals surface area contributed by atoms with Gasteiger partial charge in [-0.3, -0.25) is 9.59 Å². The number of likely N-dealkylation sites (tertiary alicyclic amines) is 1. The summed E-state index contributed by atoms with van der Waals surface area (Å²) in [5.41, 5.74) is 2.48. The van der Waals surface area contributed by atoms with Crippen molar-refractivity contribution in [3.05, 3.63) is 86.0 Å². The zero-order valence-corrected chi connectivity index (χ0v) is 20.8. The lowest BCUT2D eigenvalue weighted by Crippen LogP contribution is -2.32. The minimum Gasteiger partial charge on any atom is -0.420 e. The molecule has 1 fully saturated rings. The lowest BCUT2D eigenvalue weighted by atomic mass is 10.0. The molecule has 2 unspecified atom stereocenters. The van der Waals surface area contributed by atoms with Gasteiger partial charge in [-0.1, -0.05) is 37.3 Å². The molecule has 0 aliphatic carbocycles. The first kappa shape index (κ1) is 23.2. The average molecular weight is 490 g/mol. The van der Waals surface area contributed by atoms with Crippen LogP contribution in [0.25, 0.3) is 11.5 Å². The number of benzene rings is 1. The van der Waals surface area contributed by atoms with E-state index in [1.54, 1.807) is 30.6 Å². The zero-order valence-electron chi connectivity index (χ0n) is 20.0. The fourth-order valence-electron chi connectivity index (χ4n) is 4.54. The van der Waals surface area contributed by atoms with Crippen LogP contribution in [0.15, 0.2) is 57.2 Å². The molecule has 4 aromatic rings. The van der Waals surface area contributed by atoms with Crippen molar-refractivity contribution in [2.75, 3.05) is 6.54 Å². The molecule has 1 aliphatic heterocycles. The summed E-state index contributed by atoms with van der Waals surface area (Å²) < 4.78 is 7.33. The third kappa shape index (κ3) is 4.68. The van der Waals surface area contributed by atoms with Crippen molar-refractivity contribution in [2.24, 2.45) is 7.05 Å². The van der Waals surface area contributed by atoms with Gasteiger partial charge in [0.2, 0.25) is 5.89 Å². The normalized spacial score (nSPS) is 16.5. The van der Waals surface area contributed by atoms with Gasteiger partial charge in [-0.15, -0.1) is 21.5 Å². The number of aromatic nitrogens is 4. The van der Waals surface area contributed by atoms with Crippen LogP contribution < -0.4 is 5.56 Å². The predicted molar refractivity (Wildman–Crippen MR) is 133 cm³/mol. The number of carbonyl (C=O) groups is 1. The standard InChI is InChI=1S/C26H27N5O3S/c1-16(12-18-8-5-4-6-9-18)22-28-29-23(34-22)20-13-19(14-30(3)26(20)33)25(32)31-11-7-10-21(31)24-27-17(2)15-35-24/h4-6,8-9,13-16,21H,7,10-12H2,1-3H3. The van der Waals surface area contributed by atoms with Gasteiger partial charge in [-0.05, 0) is 37.8 Å². The van der Waals surface area contributed by atoms with Crippen molar-refractivity contribution in [1.82, 2.24) is 24.6 Å². The smallest absolute Gasteiger partial charge is 0.263 e. The molecular weight excluding hydrogens is 462 g/mol. The Balaban J connectivity index is 1.42. The molecule has 1 aliphatic rings. The number of hydrogen-bond donors (Lipinski definition) is 0. The lowest BCUT2D eigenvalue weighted by Gasteiger charge is -2.23. The fraction of sp³-hybridized carbons (Fsp3) is 0.346. The molecule has 4 heterocycles. The summed E-state index contributed by atoms with van der Waals surface area (Å²) >= 11 is 1.58. The Bertz CT molecular complexity index is 1410. The third-order valence-corrected chi connectivity index (χ3v) is 7.41. The first-order valence-corrected chi connectivity index (χ1v) is 12.6. The highest BCUT2D eigenvalue weighted by molar-refractivity contribution is 7.09. The maximum absolute atomic E-state index is 13.5. The van der Waals surface area contributed by atoms with Crippen LogP contribution >= 0.6 is 11.3 Å². The minimum atomic E-state index is -0.291. The SMILES string of the molecule is Cc1csc(C2CCCN2C(=O)c2cc(-c3nnc(C(C)Cc4ccccc4)o3)c(=O)n(C)c2)n1. The topological polar surface area (TPSA) is 94.1 Å². The Morgan fingerprint density at radius 3 is 2.80 bits per heavy atom. The molecular formula is C26H27N5O3S. The van der Waals surface area contributed by atoms with Gasteiger partial charge in [0.1, 0.15) is 10.6 Å². The number of amides is 1. The number of aryl methyl sites for hydroxylation is 2. The van der Waals surface area contributed by atoms with Crippen molar-refractivity contribution in [3.8, 4) is 11.5 Å². The molecule has 1 saturated heterocycles. The lowest BCUT2D eigenvalue weighted by molar-refractivity contribution is 0.0734. The third-order valence-electron chi connectivity index (χ3n) is 6.34. The Hall–Kier alpha value is -3.59.